The van der Waals surface area contributed by atoms with Crippen molar-refractivity contribution in [1.82, 2.24) is 5.32 Å². The SMILES string of the molecule is NC1(CNC(=O)CCOCC(F)(F)F)CCC1. The van der Waals surface area contributed by atoms with Gasteiger partial charge in [-0.15, -0.1) is 0 Å². The molecule has 1 fully saturated rings. The van der Waals surface area contributed by atoms with Crippen molar-refractivity contribution in [3.63, 3.8) is 0 Å². The Balaban J connectivity index is 2.01. The fraction of sp³-hybridized carbons (Fsp3) is 0.900. The van der Waals surface area contributed by atoms with E-state index in [1.165, 1.54) is 0 Å². The maximum absolute atomic E-state index is 11.7. The summed E-state index contributed by atoms with van der Waals surface area (Å²) in [6.45, 7) is -1.17. The number of hydrogen-bond donors (Lipinski definition) is 2. The minimum absolute atomic E-state index is 0.0772. The fourth-order valence-corrected chi connectivity index (χ4v) is 1.52. The maximum Gasteiger partial charge on any atom is 0.411 e. The molecule has 0 aromatic heterocycles. The van der Waals surface area contributed by atoms with Crippen LogP contribution < -0.4 is 11.1 Å². The summed E-state index contributed by atoms with van der Waals surface area (Å²) in [6.07, 6.45) is -1.62. The molecule has 17 heavy (non-hydrogen) atoms. The summed E-state index contributed by atoms with van der Waals surface area (Å²) >= 11 is 0. The van der Waals surface area contributed by atoms with Crippen LogP contribution in [0.3, 0.4) is 0 Å². The Hall–Kier alpha value is -0.820. The summed E-state index contributed by atoms with van der Waals surface area (Å²) in [5, 5.41) is 2.60. The molecule has 4 nitrogen and oxygen atoms in total. The van der Waals surface area contributed by atoms with Crippen LogP contribution in [0.15, 0.2) is 0 Å². The summed E-state index contributed by atoms with van der Waals surface area (Å²) in [7, 11) is 0. The van der Waals surface area contributed by atoms with Crippen molar-refractivity contribution >= 4 is 5.91 Å². The van der Waals surface area contributed by atoms with Crippen LogP contribution in [0.4, 0.5) is 13.2 Å². The standard InChI is InChI=1S/C10H17F3N2O2/c11-10(12,13)7-17-5-2-8(16)15-6-9(14)3-1-4-9/h1-7,14H2,(H,15,16). The van der Waals surface area contributed by atoms with Crippen molar-refractivity contribution in [3.05, 3.63) is 0 Å². The first-order valence-corrected chi connectivity index (χ1v) is 5.51. The lowest BCUT2D eigenvalue weighted by Gasteiger charge is -2.38. The lowest BCUT2D eigenvalue weighted by molar-refractivity contribution is -0.174. The summed E-state index contributed by atoms with van der Waals surface area (Å²) in [4.78, 5) is 11.2. The molecule has 0 radical (unpaired) electrons. The average Bonchev–Trinajstić information content (AvgIpc) is 2.17. The molecular weight excluding hydrogens is 237 g/mol. The molecule has 7 heteroatoms. The van der Waals surface area contributed by atoms with Gasteiger partial charge in [0.2, 0.25) is 5.91 Å². The van der Waals surface area contributed by atoms with E-state index < -0.39 is 12.8 Å². The van der Waals surface area contributed by atoms with Gasteiger partial charge in [0.05, 0.1) is 6.61 Å². The highest BCUT2D eigenvalue weighted by molar-refractivity contribution is 5.76. The predicted molar refractivity (Wildman–Crippen MR) is 55.3 cm³/mol. The summed E-state index contributed by atoms with van der Waals surface area (Å²) in [5.74, 6) is -0.330. The molecule has 0 aromatic carbocycles. The Kier molecular flexibility index (Phi) is 4.76. The Morgan fingerprint density at radius 2 is 2.06 bits per heavy atom. The van der Waals surface area contributed by atoms with Crippen molar-refractivity contribution in [1.29, 1.82) is 0 Å². The van der Waals surface area contributed by atoms with E-state index in [0.717, 1.165) is 19.3 Å². The number of carbonyl (C=O) groups is 1. The number of nitrogens with two attached hydrogens (primary N) is 1. The molecule has 3 N–H and O–H groups in total. The molecule has 1 rings (SSSR count). The number of carbonyl (C=O) groups excluding carboxylic acids is 1. The van der Waals surface area contributed by atoms with E-state index in [1.54, 1.807) is 0 Å². The number of hydrogen-bond acceptors (Lipinski definition) is 3. The lowest BCUT2D eigenvalue weighted by atomic mass is 9.78. The Labute approximate surface area is 97.7 Å². The van der Waals surface area contributed by atoms with Crippen molar-refractivity contribution < 1.29 is 22.7 Å². The van der Waals surface area contributed by atoms with Crippen LogP contribution >= 0.6 is 0 Å². The molecule has 100 valence electrons. The van der Waals surface area contributed by atoms with Crippen LogP contribution in [0.2, 0.25) is 0 Å². The van der Waals surface area contributed by atoms with E-state index in [9.17, 15) is 18.0 Å². The van der Waals surface area contributed by atoms with Crippen LogP contribution in [0.25, 0.3) is 0 Å². The molecule has 0 atom stereocenters. The van der Waals surface area contributed by atoms with Gasteiger partial charge in [0.1, 0.15) is 6.61 Å². The van der Waals surface area contributed by atoms with E-state index in [0.29, 0.717) is 6.54 Å². The first-order valence-electron chi connectivity index (χ1n) is 5.51. The fourth-order valence-electron chi connectivity index (χ4n) is 1.52. The molecule has 0 aliphatic heterocycles. The van der Waals surface area contributed by atoms with Crippen LogP contribution in [-0.4, -0.2) is 37.4 Å². The summed E-state index contributed by atoms with van der Waals surface area (Å²) < 4.78 is 39.4. The zero-order valence-electron chi connectivity index (χ0n) is 9.48. The number of alkyl halides is 3. The quantitative estimate of drug-likeness (QED) is 0.694. The van der Waals surface area contributed by atoms with Gasteiger partial charge < -0.3 is 15.8 Å². The van der Waals surface area contributed by atoms with Gasteiger partial charge in [0.15, 0.2) is 0 Å². The molecular formula is C10H17F3N2O2. The van der Waals surface area contributed by atoms with Crippen molar-refractivity contribution in [2.24, 2.45) is 5.73 Å². The predicted octanol–water partition coefficient (Wildman–Crippen LogP) is 0.953. The van der Waals surface area contributed by atoms with E-state index in [-0.39, 0.29) is 24.5 Å². The van der Waals surface area contributed by atoms with E-state index in [4.69, 9.17) is 5.73 Å². The van der Waals surface area contributed by atoms with E-state index in [1.807, 2.05) is 0 Å². The molecule has 0 saturated heterocycles. The third-order valence-electron chi connectivity index (χ3n) is 2.73. The zero-order valence-corrected chi connectivity index (χ0v) is 9.48. The molecule has 1 aliphatic rings. The molecule has 1 amide bonds. The Morgan fingerprint density at radius 1 is 1.41 bits per heavy atom. The highest BCUT2D eigenvalue weighted by Gasteiger charge is 2.32. The molecule has 0 aromatic rings. The van der Waals surface area contributed by atoms with Gasteiger partial charge in [0, 0.05) is 18.5 Å². The van der Waals surface area contributed by atoms with Crippen molar-refractivity contribution in [2.45, 2.75) is 37.4 Å². The summed E-state index contributed by atoms with van der Waals surface area (Å²) in [5.41, 5.74) is 5.55. The van der Waals surface area contributed by atoms with Gasteiger partial charge in [-0.1, -0.05) is 0 Å². The van der Waals surface area contributed by atoms with Gasteiger partial charge in [-0.2, -0.15) is 13.2 Å². The van der Waals surface area contributed by atoms with Crippen LogP contribution in [0, 0.1) is 0 Å². The first kappa shape index (κ1) is 14.2. The molecule has 0 bridgehead atoms. The third kappa shape index (κ3) is 5.88. The van der Waals surface area contributed by atoms with Gasteiger partial charge in [-0.05, 0) is 19.3 Å². The second-order valence-corrected chi connectivity index (χ2v) is 4.41. The minimum Gasteiger partial charge on any atom is -0.372 e. The average molecular weight is 254 g/mol. The van der Waals surface area contributed by atoms with Gasteiger partial charge in [-0.3, -0.25) is 4.79 Å². The van der Waals surface area contributed by atoms with Gasteiger partial charge >= 0.3 is 6.18 Å². The van der Waals surface area contributed by atoms with Crippen molar-refractivity contribution in [2.75, 3.05) is 19.8 Å². The number of nitrogens with one attached hydrogen (secondary N) is 1. The zero-order chi connectivity index (χ0) is 12.9. The Morgan fingerprint density at radius 3 is 2.53 bits per heavy atom. The smallest absolute Gasteiger partial charge is 0.372 e. The topological polar surface area (TPSA) is 64.3 Å². The van der Waals surface area contributed by atoms with Crippen LogP contribution in [0.1, 0.15) is 25.7 Å². The van der Waals surface area contributed by atoms with Crippen LogP contribution in [-0.2, 0) is 9.53 Å². The maximum atomic E-state index is 11.7. The van der Waals surface area contributed by atoms with E-state index in [2.05, 4.69) is 10.1 Å². The van der Waals surface area contributed by atoms with Crippen molar-refractivity contribution in [3.8, 4) is 0 Å². The summed E-state index contributed by atoms with van der Waals surface area (Å²) in [6, 6.07) is 0. The first-order chi connectivity index (χ1) is 7.81. The van der Waals surface area contributed by atoms with Crippen LogP contribution in [0.5, 0.6) is 0 Å². The lowest BCUT2D eigenvalue weighted by Crippen LogP contribution is -2.55. The minimum atomic E-state index is -4.34. The largest absolute Gasteiger partial charge is 0.411 e. The normalized spacial score (nSPS) is 18.6. The number of ether oxygens (including phenoxy) is 1. The number of rotatable bonds is 6. The number of amides is 1. The molecule has 0 spiro atoms. The second-order valence-electron chi connectivity index (χ2n) is 4.41. The monoisotopic (exact) mass is 254 g/mol. The molecule has 0 unspecified atom stereocenters. The molecule has 1 aliphatic carbocycles. The number of halogens is 3. The third-order valence-corrected chi connectivity index (χ3v) is 2.73. The Bertz CT molecular complexity index is 265. The van der Waals surface area contributed by atoms with Gasteiger partial charge in [-0.25, -0.2) is 0 Å². The second kappa shape index (κ2) is 5.68. The molecule has 0 heterocycles. The van der Waals surface area contributed by atoms with Gasteiger partial charge in [0.25, 0.3) is 0 Å². The van der Waals surface area contributed by atoms with E-state index >= 15 is 0 Å². The highest BCUT2D eigenvalue weighted by Crippen LogP contribution is 2.27. The molecule has 1 saturated carbocycles. The highest BCUT2D eigenvalue weighted by atomic mass is 19.4.